The molecule has 4 nitrogen and oxygen atoms in total. The van der Waals surface area contributed by atoms with Crippen molar-refractivity contribution in [1.29, 1.82) is 0 Å². The van der Waals surface area contributed by atoms with E-state index in [4.69, 9.17) is 5.11 Å². The van der Waals surface area contributed by atoms with E-state index in [9.17, 15) is 22.4 Å². The molecule has 8 heteroatoms. The van der Waals surface area contributed by atoms with Gasteiger partial charge in [-0.2, -0.15) is 13.2 Å². The summed E-state index contributed by atoms with van der Waals surface area (Å²) in [6.07, 6.45) is -4.70. The molecule has 2 amide bonds. The molecular weight excluding hydrogens is 280 g/mol. The first-order chi connectivity index (χ1) is 9.25. The summed E-state index contributed by atoms with van der Waals surface area (Å²) in [6.45, 7) is -0.584. The molecule has 0 fully saturated rings. The number of hydrogen-bond acceptors (Lipinski definition) is 2. The summed E-state index contributed by atoms with van der Waals surface area (Å²) in [4.78, 5) is 12.6. The van der Waals surface area contributed by atoms with E-state index in [2.05, 4.69) is 5.32 Å². The van der Waals surface area contributed by atoms with Crippen LogP contribution in [0.5, 0.6) is 0 Å². The number of halogens is 4. The van der Waals surface area contributed by atoms with E-state index in [0.29, 0.717) is 6.07 Å². The third-order valence-corrected chi connectivity index (χ3v) is 2.59. The molecule has 0 atom stereocenters. The maximum atomic E-state index is 12.9. The fourth-order valence-corrected chi connectivity index (χ4v) is 1.52. The molecule has 1 rings (SSSR count). The Balaban J connectivity index is 2.81. The zero-order valence-corrected chi connectivity index (χ0v) is 10.7. The molecule has 0 bridgehead atoms. The van der Waals surface area contributed by atoms with E-state index in [0.717, 1.165) is 17.0 Å². The van der Waals surface area contributed by atoms with Crippen LogP contribution >= 0.6 is 0 Å². The quantitative estimate of drug-likeness (QED) is 0.834. The molecule has 0 saturated carbocycles. The number of likely N-dealkylation sites (N-methyl/N-ethyl adjacent to an activating group) is 1. The molecule has 20 heavy (non-hydrogen) atoms. The first-order valence-corrected chi connectivity index (χ1v) is 5.71. The van der Waals surface area contributed by atoms with Crippen LogP contribution in [0.25, 0.3) is 0 Å². The average Bonchev–Trinajstić information content (AvgIpc) is 2.36. The van der Waals surface area contributed by atoms with Crippen LogP contribution in [0.15, 0.2) is 18.2 Å². The molecule has 1 aromatic rings. The van der Waals surface area contributed by atoms with Crippen molar-refractivity contribution in [3.63, 3.8) is 0 Å². The monoisotopic (exact) mass is 294 g/mol. The Morgan fingerprint density at radius 1 is 1.40 bits per heavy atom. The number of aliphatic hydroxyl groups excluding tert-OH is 1. The van der Waals surface area contributed by atoms with Gasteiger partial charge in [-0.3, -0.25) is 0 Å². The minimum atomic E-state index is -4.70. The number of carbonyl (C=O) groups excluding carboxylic acids is 1. The van der Waals surface area contributed by atoms with Crippen LogP contribution in [-0.4, -0.2) is 36.2 Å². The van der Waals surface area contributed by atoms with Crippen molar-refractivity contribution in [3.8, 4) is 0 Å². The van der Waals surface area contributed by atoms with Crippen LogP contribution in [0.2, 0.25) is 0 Å². The zero-order valence-electron chi connectivity index (χ0n) is 10.7. The fourth-order valence-electron chi connectivity index (χ4n) is 1.52. The van der Waals surface area contributed by atoms with Crippen LogP contribution < -0.4 is 5.32 Å². The molecule has 0 saturated heterocycles. The molecule has 0 aliphatic rings. The highest BCUT2D eigenvalue weighted by atomic mass is 19.4. The van der Waals surface area contributed by atoms with Crippen molar-refractivity contribution in [1.82, 2.24) is 10.2 Å². The van der Waals surface area contributed by atoms with Gasteiger partial charge in [0.15, 0.2) is 0 Å². The highest BCUT2D eigenvalue weighted by Gasteiger charge is 2.33. The topological polar surface area (TPSA) is 52.6 Å². The molecule has 0 aliphatic heterocycles. The Morgan fingerprint density at radius 2 is 2.05 bits per heavy atom. The SMILES string of the molecule is CN(CCO)C(=O)NCc1ccc(F)cc1C(F)(F)F. The van der Waals surface area contributed by atoms with E-state index in [1.165, 1.54) is 7.05 Å². The highest BCUT2D eigenvalue weighted by molar-refractivity contribution is 5.73. The molecule has 0 aromatic heterocycles. The van der Waals surface area contributed by atoms with Gasteiger partial charge in [0, 0.05) is 20.1 Å². The third kappa shape index (κ3) is 4.37. The average molecular weight is 294 g/mol. The molecule has 0 spiro atoms. The van der Waals surface area contributed by atoms with Crippen molar-refractivity contribution in [2.24, 2.45) is 0 Å². The van der Waals surface area contributed by atoms with Crippen molar-refractivity contribution in [3.05, 3.63) is 35.1 Å². The van der Waals surface area contributed by atoms with Crippen LogP contribution in [0.1, 0.15) is 11.1 Å². The molecule has 1 aromatic carbocycles. The molecule has 112 valence electrons. The third-order valence-electron chi connectivity index (χ3n) is 2.59. The minimum Gasteiger partial charge on any atom is -0.395 e. The number of alkyl halides is 3. The van der Waals surface area contributed by atoms with Crippen molar-refractivity contribution < 1.29 is 27.5 Å². The van der Waals surface area contributed by atoms with Gasteiger partial charge in [-0.25, -0.2) is 9.18 Å². The summed E-state index contributed by atoms with van der Waals surface area (Å²) in [5.41, 5.74) is -1.35. The van der Waals surface area contributed by atoms with Gasteiger partial charge in [0.25, 0.3) is 0 Å². The first kappa shape index (κ1) is 16.2. The lowest BCUT2D eigenvalue weighted by molar-refractivity contribution is -0.138. The number of hydrogen-bond donors (Lipinski definition) is 2. The molecule has 0 radical (unpaired) electrons. The van der Waals surface area contributed by atoms with Gasteiger partial charge >= 0.3 is 12.2 Å². The van der Waals surface area contributed by atoms with E-state index >= 15 is 0 Å². The minimum absolute atomic E-state index is 0.0569. The van der Waals surface area contributed by atoms with Crippen molar-refractivity contribution in [2.45, 2.75) is 12.7 Å². The second-order valence-corrected chi connectivity index (χ2v) is 4.10. The number of benzene rings is 1. The molecule has 0 unspecified atom stereocenters. The summed E-state index contributed by atoms with van der Waals surface area (Å²) in [7, 11) is 1.39. The van der Waals surface area contributed by atoms with Crippen LogP contribution in [0.3, 0.4) is 0 Å². The van der Waals surface area contributed by atoms with Gasteiger partial charge in [0.05, 0.1) is 12.2 Å². The van der Waals surface area contributed by atoms with Crippen LogP contribution in [0, 0.1) is 5.82 Å². The Labute approximate surface area is 113 Å². The standard InChI is InChI=1S/C12H14F4N2O2/c1-18(4-5-19)11(20)17-7-8-2-3-9(13)6-10(8)12(14,15)16/h2-3,6,19H,4-5,7H2,1H3,(H,17,20). The smallest absolute Gasteiger partial charge is 0.395 e. The van der Waals surface area contributed by atoms with Gasteiger partial charge in [0.1, 0.15) is 5.82 Å². The summed E-state index contributed by atoms with van der Waals surface area (Å²) < 4.78 is 51.0. The van der Waals surface area contributed by atoms with Gasteiger partial charge < -0.3 is 15.3 Å². The number of nitrogens with zero attached hydrogens (tertiary/aromatic N) is 1. The maximum absolute atomic E-state index is 12.9. The number of urea groups is 1. The van der Waals surface area contributed by atoms with Gasteiger partial charge in [-0.1, -0.05) is 6.07 Å². The molecule has 0 aliphatic carbocycles. The van der Waals surface area contributed by atoms with Gasteiger partial charge in [-0.05, 0) is 17.7 Å². The second kappa shape index (κ2) is 6.56. The lowest BCUT2D eigenvalue weighted by atomic mass is 10.1. The largest absolute Gasteiger partial charge is 0.416 e. The van der Waals surface area contributed by atoms with Crippen LogP contribution in [0.4, 0.5) is 22.4 Å². The molecular formula is C12H14F4N2O2. The normalized spacial score (nSPS) is 11.3. The predicted molar refractivity (Wildman–Crippen MR) is 63.4 cm³/mol. The number of rotatable bonds is 4. The van der Waals surface area contributed by atoms with Gasteiger partial charge in [-0.15, -0.1) is 0 Å². The Hall–Kier alpha value is -1.83. The number of aliphatic hydroxyl groups is 1. The Kier molecular flexibility index (Phi) is 5.32. The van der Waals surface area contributed by atoms with E-state index < -0.39 is 23.6 Å². The van der Waals surface area contributed by atoms with Crippen molar-refractivity contribution in [2.75, 3.05) is 20.2 Å². The Morgan fingerprint density at radius 3 is 2.60 bits per heavy atom. The lowest BCUT2D eigenvalue weighted by Crippen LogP contribution is -2.38. The summed E-state index contributed by atoms with van der Waals surface area (Å²) in [6, 6.07) is 1.63. The molecule has 0 heterocycles. The number of carbonyl (C=O) groups is 1. The second-order valence-electron chi connectivity index (χ2n) is 4.10. The first-order valence-electron chi connectivity index (χ1n) is 5.71. The zero-order chi connectivity index (χ0) is 15.3. The van der Waals surface area contributed by atoms with E-state index in [1.807, 2.05) is 0 Å². The number of amides is 2. The fraction of sp³-hybridized carbons (Fsp3) is 0.417. The summed E-state index contributed by atoms with van der Waals surface area (Å²) in [5.74, 6) is -0.996. The predicted octanol–water partition coefficient (Wildman–Crippen LogP) is 1.98. The maximum Gasteiger partial charge on any atom is 0.416 e. The number of nitrogens with one attached hydrogen (secondary N) is 1. The van der Waals surface area contributed by atoms with Crippen molar-refractivity contribution >= 4 is 6.03 Å². The summed E-state index contributed by atoms with van der Waals surface area (Å²) >= 11 is 0. The van der Waals surface area contributed by atoms with Gasteiger partial charge in [0.2, 0.25) is 0 Å². The summed E-state index contributed by atoms with van der Waals surface area (Å²) in [5, 5.41) is 10.9. The van der Waals surface area contributed by atoms with E-state index in [-0.39, 0.29) is 25.3 Å². The lowest BCUT2D eigenvalue weighted by Gasteiger charge is -2.18. The van der Waals surface area contributed by atoms with Crippen LogP contribution in [-0.2, 0) is 12.7 Å². The Bertz CT molecular complexity index is 477. The highest BCUT2D eigenvalue weighted by Crippen LogP contribution is 2.32. The molecule has 2 N–H and O–H groups in total. The van der Waals surface area contributed by atoms with E-state index in [1.54, 1.807) is 0 Å².